The van der Waals surface area contributed by atoms with Crippen molar-refractivity contribution >= 4 is 5.91 Å². The van der Waals surface area contributed by atoms with Gasteiger partial charge in [0, 0.05) is 31.3 Å². The predicted molar refractivity (Wildman–Crippen MR) is 102 cm³/mol. The quantitative estimate of drug-likeness (QED) is 0.904. The molecular weight excluding hydrogens is 343 g/mol. The van der Waals surface area contributed by atoms with Gasteiger partial charge in [-0.05, 0) is 43.0 Å². The Kier molecular flexibility index (Phi) is 4.87. The first-order chi connectivity index (χ1) is 13.1. The topological polar surface area (TPSA) is 41.6 Å². The van der Waals surface area contributed by atoms with Gasteiger partial charge in [0.2, 0.25) is 5.91 Å². The molecule has 1 spiro atoms. The number of nitrogens with zero attached hydrogens (tertiary/aromatic N) is 1. The Bertz CT molecular complexity index is 854. The average molecular weight is 368 g/mol. The first-order valence-electron chi connectivity index (χ1n) is 9.49. The number of piperidine rings is 1. The molecule has 1 unspecified atom stereocenters. The molecule has 1 saturated heterocycles. The smallest absolute Gasteiger partial charge is 0.228 e. The fourth-order valence-electron chi connectivity index (χ4n) is 4.49. The fourth-order valence-corrected chi connectivity index (χ4v) is 4.49. The highest BCUT2D eigenvalue weighted by atomic mass is 19.1. The minimum atomic E-state index is -0.405. The van der Waals surface area contributed by atoms with Crippen LogP contribution in [0.2, 0.25) is 0 Å². The Hall–Kier alpha value is -2.40. The zero-order valence-electron chi connectivity index (χ0n) is 15.6. The van der Waals surface area contributed by atoms with E-state index in [2.05, 4.69) is 22.3 Å². The summed E-state index contributed by atoms with van der Waals surface area (Å²) >= 11 is 0. The van der Waals surface area contributed by atoms with Crippen molar-refractivity contribution < 1.29 is 13.9 Å². The zero-order chi connectivity index (χ0) is 18.9. The molecule has 4 nitrogen and oxygen atoms in total. The molecule has 2 aliphatic heterocycles. The van der Waals surface area contributed by atoms with E-state index in [1.54, 1.807) is 13.2 Å². The average Bonchev–Trinajstić information content (AvgIpc) is 2.80. The van der Waals surface area contributed by atoms with Crippen molar-refractivity contribution in [3.63, 3.8) is 0 Å². The molecule has 1 fully saturated rings. The van der Waals surface area contributed by atoms with Gasteiger partial charge in [0.1, 0.15) is 11.6 Å². The number of carbonyl (C=O) groups excluding carboxylic acids is 1. The summed E-state index contributed by atoms with van der Waals surface area (Å²) in [5.74, 6) is 0.408. The molecular formula is C22H25FN2O2. The molecule has 2 aliphatic rings. The summed E-state index contributed by atoms with van der Waals surface area (Å²) in [6, 6.07) is 13.0. The number of amides is 1. The molecule has 2 aromatic rings. The molecule has 1 atom stereocenters. The maximum absolute atomic E-state index is 13.5. The normalized spacial score (nSPS) is 22.8. The molecule has 0 aromatic heterocycles. The monoisotopic (exact) mass is 368 g/mol. The van der Waals surface area contributed by atoms with Crippen LogP contribution in [0.4, 0.5) is 4.39 Å². The van der Waals surface area contributed by atoms with E-state index >= 15 is 0 Å². The molecule has 5 heteroatoms. The maximum atomic E-state index is 13.5. The number of benzene rings is 2. The number of nitrogens with one attached hydrogen (secondary N) is 1. The Morgan fingerprint density at radius 3 is 2.85 bits per heavy atom. The van der Waals surface area contributed by atoms with Crippen LogP contribution in [0.15, 0.2) is 42.5 Å². The number of likely N-dealkylation sites (tertiary alicyclic amines) is 1. The van der Waals surface area contributed by atoms with Gasteiger partial charge in [-0.15, -0.1) is 0 Å². The maximum Gasteiger partial charge on any atom is 0.228 e. The minimum Gasteiger partial charge on any atom is -0.496 e. The van der Waals surface area contributed by atoms with Gasteiger partial charge in [0.25, 0.3) is 0 Å². The zero-order valence-corrected chi connectivity index (χ0v) is 15.6. The number of halogens is 1. The highest BCUT2D eigenvalue weighted by Gasteiger charge is 2.43. The Labute approximate surface area is 159 Å². The van der Waals surface area contributed by atoms with Crippen LogP contribution in [0.3, 0.4) is 0 Å². The van der Waals surface area contributed by atoms with Gasteiger partial charge in [-0.2, -0.15) is 0 Å². The first kappa shape index (κ1) is 18.0. The van der Waals surface area contributed by atoms with E-state index in [4.69, 9.17) is 4.74 Å². The van der Waals surface area contributed by atoms with Crippen LogP contribution in [-0.4, -0.2) is 31.0 Å². The summed E-state index contributed by atoms with van der Waals surface area (Å²) in [5.41, 5.74) is 3.01. The number of rotatable bonds is 3. The van der Waals surface area contributed by atoms with Gasteiger partial charge in [-0.25, -0.2) is 4.39 Å². The van der Waals surface area contributed by atoms with E-state index in [1.807, 2.05) is 12.1 Å². The van der Waals surface area contributed by atoms with Gasteiger partial charge < -0.3 is 10.1 Å². The van der Waals surface area contributed by atoms with E-state index in [9.17, 15) is 9.18 Å². The van der Waals surface area contributed by atoms with Crippen LogP contribution in [-0.2, 0) is 24.3 Å². The number of carbonyl (C=O) groups is 1. The van der Waals surface area contributed by atoms with Crippen molar-refractivity contribution in [2.24, 2.45) is 5.41 Å². The molecule has 2 aromatic carbocycles. The minimum absolute atomic E-state index is 0.148. The highest BCUT2D eigenvalue weighted by molar-refractivity contribution is 5.84. The molecule has 0 saturated carbocycles. The lowest BCUT2D eigenvalue weighted by molar-refractivity contribution is -0.134. The van der Waals surface area contributed by atoms with E-state index in [0.717, 1.165) is 31.4 Å². The van der Waals surface area contributed by atoms with Crippen LogP contribution in [0.25, 0.3) is 0 Å². The number of hydrogen-bond donors (Lipinski definition) is 1. The van der Waals surface area contributed by atoms with E-state index in [0.29, 0.717) is 25.4 Å². The molecule has 27 heavy (non-hydrogen) atoms. The molecule has 0 bridgehead atoms. The standard InChI is InChI=1S/C22H25FN2O2/c1-27-20-11-19(23)8-7-18(20)14-25-10-4-9-22(15-25)12-16-5-2-3-6-17(16)13-24-21(22)26/h2-3,5-8,11H,4,9-10,12-15H2,1H3,(H,24,26). The predicted octanol–water partition coefficient (Wildman–Crippen LogP) is 3.29. The lowest BCUT2D eigenvalue weighted by atomic mass is 9.74. The summed E-state index contributed by atoms with van der Waals surface area (Å²) < 4.78 is 18.8. The van der Waals surface area contributed by atoms with Crippen LogP contribution >= 0.6 is 0 Å². The third-order valence-corrected chi connectivity index (χ3v) is 5.87. The van der Waals surface area contributed by atoms with Crippen molar-refractivity contribution in [1.82, 2.24) is 10.2 Å². The highest BCUT2D eigenvalue weighted by Crippen LogP contribution is 2.37. The molecule has 0 aliphatic carbocycles. The summed E-state index contributed by atoms with van der Waals surface area (Å²) in [5, 5.41) is 3.14. The van der Waals surface area contributed by atoms with Crippen LogP contribution in [0, 0.1) is 11.2 Å². The lowest BCUT2D eigenvalue weighted by Gasteiger charge is -2.41. The molecule has 2 heterocycles. The number of ether oxygens (including phenoxy) is 1. The van der Waals surface area contributed by atoms with Crippen LogP contribution < -0.4 is 10.1 Å². The fraction of sp³-hybridized carbons (Fsp3) is 0.409. The van der Waals surface area contributed by atoms with E-state index in [1.165, 1.54) is 23.3 Å². The number of hydrogen-bond acceptors (Lipinski definition) is 3. The summed E-state index contributed by atoms with van der Waals surface area (Å²) in [7, 11) is 1.56. The van der Waals surface area contributed by atoms with Crippen molar-refractivity contribution in [2.75, 3.05) is 20.2 Å². The Morgan fingerprint density at radius 2 is 2.04 bits per heavy atom. The van der Waals surface area contributed by atoms with Crippen molar-refractivity contribution in [2.45, 2.75) is 32.4 Å². The number of methoxy groups -OCH3 is 1. The first-order valence-corrected chi connectivity index (χ1v) is 9.49. The second-order valence-electron chi connectivity index (χ2n) is 7.68. The van der Waals surface area contributed by atoms with Crippen molar-refractivity contribution in [1.29, 1.82) is 0 Å². The van der Waals surface area contributed by atoms with Crippen LogP contribution in [0.1, 0.15) is 29.5 Å². The van der Waals surface area contributed by atoms with E-state index < -0.39 is 5.41 Å². The molecule has 1 N–H and O–H groups in total. The lowest BCUT2D eigenvalue weighted by Crippen LogP contribution is -2.51. The third kappa shape index (κ3) is 3.56. The second-order valence-corrected chi connectivity index (χ2v) is 7.68. The van der Waals surface area contributed by atoms with Crippen molar-refractivity contribution in [3.05, 3.63) is 65.0 Å². The Morgan fingerprint density at radius 1 is 1.22 bits per heavy atom. The molecule has 142 valence electrons. The van der Waals surface area contributed by atoms with Gasteiger partial charge in [0.05, 0.1) is 12.5 Å². The summed E-state index contributed by atoms with van der Waals surface area (Å²) in [6.07, 6.45) is 2.63. The molecule has 1 amide bonds. The summed E-state index contributed by atoms with van der Waals surface area (Å²) in [4.78, 5) is 15.3. The largest absolute Gasteiger partial charge is 0.496 e. The van der Waals surface area contributed by atoms with Crippen LogP contribution in [0.5, 0.6) is 5.75 Å². The molecule has 4 rings (SSSR count). The third-order valence-electron chi connectivity index (χ3n) is 5.87. The van der Waals surface area contributed by atoms with Gasteiger partial charge in [-0.3, -0.25) is 9.69 Å². The second kappa shape index (κ2) is 7.31. The van der Waals surface area contributed by atoms with Gasteiger partial charge >= 0.3 is 0 Å². The summed E-state index contributed by atoms with van der Waals surface area (Å²) in [6.45, 7) is 2.88. The molecule has 0 radical (unpaired) electrons. The van der Waals surface area contributed by atoms with Gasteiger partial charge in [0.15, 0.2) is 0 Å². The van der Waals surface area contributed by atoms with Crippen molar-refractivity contribution in [3.8, 4) is 5.75 Å². The number of fused-ring (bicyclic) bond motifs is 1. The SMILES string of the molecule is COc1cc(F)ccc1CN1CCCC2(Cc3ccccc3CNC2=O)C1. The van der Waals surface area contributed by atoms with E-state index in [-0.39, 0.29) is 11.7 Å². The van der Waals surface area contributed by atoms with Gasteiger partial charge in [-0.1, -0.05) is 30.3 Å². The Balaban J connectivity index is 1.58.